The predicted octanol–water partition coefficient (Wildman–Crippen LogP) is 2.03. The van der Waals surface area contributed by atoms with Crippen LogP contribution in [0.5, 0.6) is 0 Å². The van der Waals surface area contributed by atoms with Crippen molar-refractivity contribution in [1.82, 2.24) is 0 Å². The van der Waals surface area contributed by atoms with E-state index in [-0.39, 0.29) is 18.5 Å². The van der Waals surface area contributed by atoms with Gasteiger partial charge in [-0.2, -0.15) is 0 Å². The van der Waals surface area contributed by atoms with Gasteiger partial charge in [-0.05, 0) is 13.8 Å². The van der Waals surface area contributed by atoms with Gasteiger partial charge in [0.2, 0.25) is 0 Å². The minimum absolute atomic E-state index is 0.256. The Balaban J connectivity index is 0. The maximum Gasteiger partial charge on any atom is 0.333 e. The molecular weight excluding hydrogens is 208 g/mol. The molecule has 0 aliphatic carbocycles. The van der Waals surface area contributed by atoms with Gasteiger partial charge in [0.25, 0.3) is 0 Å². The van der Waals surface area contributed by atoms with Gasteiger partial charge in [0.05, 0.1) is 7.11 Å². The highest BCUT2D eigenvalue weighted by Gasteiger charge is 1.98. The van der Waals surface area contributed by atoms with Crippen LogP contribution in [0, 0.1) is 0 Å². The molecule has 0 fully saturated rings. The molecule has 0 unspecified atom stereocenters. The minimum atomic E-state index is -0.366. The highest BCUT2D eigenvalue weighted by Crippen LogP contribution is 1.90. The van der Waals surface area contributed by atoms with Gasteiger partial charge in [-0.1, -0.05) is 25.8 Å². The molecule has 16 heavy (non-hydrogen) atoms. The summed E-state index contributed by atoms with van der Waals surface area (Å²) in [5.74, 6) is -0.713. The second-order valence-corrected chi connectivity index (χ2v) is 2.94. The number of rotatable bonds is 4. The van der Waals surface area contributed by atoms with Crippen molar-refractivity contribution in [3.63, 3.8) is 0 Å². The Morgan fingerprint density at radius 1 is 1.12 bits per heavy atom. The average molecular weight is 226 g/mol. The normalized spacial score (nSPS) is 7.94. The largest absolute Gasteiger partial charge is 0.466 e. The quantitative estimate of drug-likeness (QED) is 0.418. The average Bonchev–Trinajstić information content (AvgIpc) is 2.25. The molecule has 0 saturated carbocycles. The molecule has 0 heterocycles. The molecule has 0 aliphatic rings. The van der Waals surface area contributed by atoms with Crippen LogP contribution in [0.2, 0.25) is 0 Å². The molecule has 0 spiro atoms. The molecule has 4 heteroatoms. The zero-order chi connectivity index (χ0) is 13.1. The molecule has 0 aromatic carbocycles. The Bertz CT molecular complexity index is 289. The van der Waals surface area contributed by atoms with E-state index in [9.17, 15) is 9.59 Å². The van der Waals surface area contributed by atoms with E-state index in [1.807, 2.05) is 0 Å². The van der Waals surface area contributed by atoms with Gasteiger partial charge in [-0.15, -0.1) is 0 Å². The van der Waals surface area contributed by atoms with Crippen molar-refractivity contribution in [1.29, 1.82) is 0 Å². The molecule has 0 atom stereocenters. The summed E-state index contributed by atoms with van der Waals surface area (Å²) in [5, 5.41) is 0. The monoisotopic (exact) mass is 226 g/mol. The molecule has 0 radical (unpaired) electrons. The van der Waals surface area contributed by atoms with Crippen LogP contribution in [0.15, 0.2) is 37.0 Å². The third-order valence-electron chi connectivity index (χ3n) is 1.21. The van der Waals surface area contributed by atoms with Crippen LogP contribution in [0.3, 0.4) is 0 Å². The van der Waals surface area contributed by atoms with E-state index in [1.54, 1.807) is 13.8 Å². The summed E-state index contributed by atoms with van der Waals surface area (Å²) in [6.45, 7) is 13.6. The molecule has 0 saturated heterocycles. The fraction of sp³-hybridized carbons (Fsp3) is 0.333. The van der Waals surface area contributed by atoms with E-state index in [4.69, 9.17) is 0 Å². The summed E-state index contributed by atoms with van der Waals surface area (Å²) in [7, 11) is 1.33. The lowest BCUT2D eigenvalue weighted by molar-refractivity contribution is -0.138. The van der Waals surface area contributed by atoms with Crippen LogP contribution in [0.1, 0.15) is 13.8 Å². The maximum absolute atomic E-state index is 10.5. The van der Waals surface area contributed by atoms with Crippen molar-refractivity contribution >= 4 is 11.9 Å². The highest BCUT2D eigenvalue weighted by atomic mass is 16.5. The second-order valence-electron chi connectivity index (χ2n) is 2.94. The van der Waals surface area contributed by atoms with Gasteiger partial charge in [-0.3, -0.25) is 0 Å². The van der Waals surface area contributed by atoms with Gasteiger partial charge >= 0.3 is 11.9 Å². The molecular formula is C12H18O4. The Morgan fingerprint density at radius 3 is 1.75 bits per heavy atom. The highest BCUT2D eigenvalue weighted by molar-refractivity contribution is 5.87. The molecule has 4 nitrogen and oxygen atoms in total. The van der Waals surface area contributed by atoms with Gasteiger partial charge in [-0.25, -0.2) is 9.59 Å². The van der Waals surface area contributed by atoms with Crippen molar-refractivity contribution in [2.75, 3.05) is 13.7 Å². The second kappa shape index (κ2) is 9.71. The lowest BCUT2D eigenvalue weighted by Crippen LogP contribution is -2.03. The van der Waals surface area contributed by atoms with Crippen molar-refractivity contribution in [2.24, 2.45) is 0 Å². The van der Waals surface area contributed by atoms with E-state index >= 15 is 0 Å². The van der Waals surface area contributed by atoms with Crippen molar-refractivity contribution in [3.8, 4) is 0 Å². The molecule has 0 aliphatic heterocycles. The lowest BCUT2D eigenvalue weighted by Gasteiger charge is -1.97. The van der Waals surface area contributed by atoms with Crippen molar-refractivity contribution < 1.29 is 19.1 Å². The van der Waals surface area contributed by atoms with E-state index in [0.29, 0.717) is 11.1 Å². The summed E-state index contributed by atoms with van der Waals surface area (Å²) in [5.41, 5.74) is 0.847. The fourth-order valence-electron chi connectivity index (χ4n) is 0.432. The molecule has 0 aromatic heterocycles. The first-order valence-electron chi connectivity index (χ1n) is 4.54. The first kappa shape index (κ1) is 16.6. The van der Waals surface area contributed by atoms with Gasteiger partial charge < -0.3 is 9.47 Å². The fourth-order valence-corrected chi connectivity index (χ4v) is 0.432. The van der Waals surface area contributed by atoms with Crippen LogP contribution in [-0.4, -0.2) is 25.7 Å². The van der Waals surface area contributed by atoms with Crippen LogP contribution in [0.25, 0.3) is 0 Å². The van der Waals surface area contributed by atoms with E-state index in [1.165, 1.54) is 13.2 Å². The summed E-state index contributed by atoms with van der Waals surface area (Å²) in [6, 6.07) is 0. The van der Waals surface area contributed by atoms with Crippen LogP contribution >= 0.6 is 0 Å². The maximum atomic E-state index is 10.5. The Morgan fingerprint density at radius 2 is 1.56 bits per heavy atom. The predicted molar refractivity (Wildman–Crippen MR) is 62.8 cm³/mol. The number of ether oxygens (including phenoxy) is 2. The van der Waals surface area contributed by atoms with Crippen LogP contribution in [-0.2, 0) is 19.1 Å². The van der Waals surface area contributed by atoms with Gasteiger partial charge in [0.15, 0.2) is 0 Å². The van der Waals surface area contributed by atoms with Gasteiger partial charge in [0.1, 0.15) is 6.61 Å². The molecule has 0 amide bonds. The molecule has 0 rings (SSSR count). The first-order chi connectivity index (χ1) is 7.36. The molecule has 0 bridgehead atoms. The molecule has 0 N–H and O–H groups in total. The zero-order valence-corrected chi connectivity index (χ0v) is 10.0. The third kappa shape index (κ3) is 10.2. The number of methoxy groups -OCH3 is 1. The summed E-state index contributed by atoms with van der Waals surface area (Å²) >= 11 is 0. The Hall–Kier alpha value is -1.84. The summed E-state index contributed by atoms with van der Waals surface area (Å²) in [4.78, 5) is 20.7. The minimum Gasteiger partial charge on any atom is -0.466 e. The Kier molecular flexibility index (Phi) is 10.1. The number of esters is 2. The van der Waals surface area contributed by atoms with E-state index in [0.717, 1.165) is 0 Å². The van der Waals surface area contributed by atoms with E-state index < -0.39 is 0 Å². The topological polar surface area (TPSA) is 52.6 Å². The number of hydrogen-bond acceptors (Lipinski definition) is 4. The van der Waals surface area contributed by atoms with Crippen LogP contribution < -0.4 is 0 Å². The standard InChI is InChI=1S/C7H10O2.C5H8O2/c1-4-5-9-7(8)6(2)3;1-4(2)5(6)7-3/h4H,1-2,5H2,3H3;1H2,2-3H3. The summed E-state index contributed by atoms with van der Waals surface area (Å²) in [6.07, 6.45) is 1.51. The smallest absolute Gasteiger partial charge is 0.333 e. The SMILES string of the molecule is C=C(C)C(=O)OC.C=CCOC(=O)C(=C)C. The summed E-state index contributed by atoms with van der Waals surface area (Å²) < 4.78 is 8.87. The van der Waals surface area contributed by atoms with Crippen LogP contribution in [0.4, 0.5) is 0 Å². The molecule has 0 aromatic rings. The first-order valence-corrected chi connectivity index (χ1v) is 4.54. The Labute approximate surface area is 96.2 Å². The molecule has 90 valence electrons. The lowest BCUT2D eigenvalue weighted by atomic mass is 10.4. The van der Waals surface area contributed by atoms with Crippen molar-refractivity contribution in [2.45, 2.75) is 13.8 Å². The van der Waals surface area contributed by atoms with Gasteiger partial charge in [0, 0.05) is 11.1 Å². The zero-order valence-electron chi connectivity index (χ0n) is 10.0. The number of carbonyl (C=O) groups excluding carboxylic acids is 2. The van der Waals surface area contributed by atoms with E-state index in [2.05, 4.69) is 29.2 Å². The number of hydrogen-bond donors (Lipinski definition) is 0. The third-order valence-corrected chi connectivity index (χ3v) is 1.21. The van der Waals surface area contributed by atoms with Crippen molar-refractivity contribution in [3.05, 3.63) is 37.0 Å². The number of carbonyl (C=O) groups is 2.